The average Bonchev–Trinajstić information content (AvgIpc) is 3.17. The van der Waals surface area contributed by atoms with Crippen LogP contribution < -0.4 is 10.6 Å². The number of aryl methyl sites for hydroxylation is 1. The van der Waals surface area contributed by atoms with Crippen LogP contribution in [0.4, 0.5) is 0 Å². The lowest BCUT2D eigenvalue weighted by Gasteiger charge is -2.09. The Morgan fingerprint density at radius 3 is 2.31 bits per heavy atom. The lowest BCUT2D eigenvalue weighted by Crippen LogP contribution is -2.36. The van der Waals surface area contributed by atoms with E-state index in [0.29, 0.717) is 24.3 Å². The monoisotopic (exact) mass is 390 g/mol. The number of amides is 2. The molecule has 0 atom stereocenters. The number of nitrogens with one attached hydrogen (secondary N) is 2. The number of benzene rings is 2. The topological polar surface area (TPSA) is 76.0 Å². The third kappa shape index (κ3) is 4.90. The first-order valence-electron chi connectivity index (χ1n) is 9.74. The lowest BCUT2D eigenvalue weighted by molar-refractivity contribution is -0.123. The number of carbonyl (C=O) groups excluding carboxylic acids is 2. The van der Waals surface area contributed by atoms with E-state index in [0.717, 1.165) is 16.8 Å². The molecule has 0 bridgehead atoms. The zero-order valence-corrected chi connectivity index (χ0v) is 17.0. The summed E-state index contributed by atoms with van der Waals surface area (Å²) in [4.78, 5) is 24.6. The van der Waals surface area contributed by atoms with Crippen LogP contribution in [-0.4, -0.2) is 34.7 Å². The molecule has 0 unspecified atom stereocenters. The largest absolute Gasteiger partial charge is 0.354 e. The van der Waals surface area contributed by atoms with Crippen LogP contribution in [0, 0.1) is 12.8 Å². The van der Waals surface area contributed by atoms with Crippen molar-refractivity contribution in [1.82, 2.24) is 20.4 Å². The third-order valence-electron chi connectivity index (χ3n) is 4.61. The van der Waals surface area contributed by atoms with Gasteiger partial charge in [0.1, 0.15) is 5.69 Å². The minimum absolute atomic E-state index is 0.0308. The van der Waals surface area contributed by atoms with Gasteiger partial charge in [-0.15, -0.1) is 0 Å². The molecule has 29 heavy (non-hydrogen) atoms. The maximum atomic E-state index is 12.9. The molecule has 2 aromatic carbocycles. The molecule has 3 aromatic rings. The van der Waals surface area contributed by atoms with Gasteiger partial charge in [-0.05, 0) is 24.6 Å². The number of hydrogen-bond donors (Lipinski definition) is 2. The van der Waals surface area contributed by atoms with Crippen LogP contribution in [0.3, 0.4) is 0 Å². The SMILES string of the molecule is Cc1ccccc1-c1nn(-c2ccccc2)cc1C(=O)NCCNC(=O)C(C)C. The van der Waals surface area contributed by atoms with E-state index in [1.807, 2.05) is 75.4 Å². The molecule has 6 nitrogen and oxygen atoms in total. The summed E-state index contributed by atoms with van der Waals surface area (Å²) in [5.41, 5.74) is 3.98. The van der Waals surface area contributed by atoms with Crippen LogP contribution in [0.1, 0.15) is 29.8 Å². The fourth-order valence-corrected chi connectivity index (χ4v) is 2.95. The summed E-state index contributed by atoms with van der Waals surface area (Å²) < 4.78 is 1.72. The van der Waals surface area contributed by atoms with Gasteiger partial charge in [0, 0.05) is 30.8 Å². The van der Waals surface area contributed by atoms with E-state index in [1.165, 1.54) is 0 Å². The van der Waals surface area contributed by atoms with Gasteiger partial charge in [0.15, 0.2) is 0 Å². The van der Waals surface area contributed by atoms with Crippen LogP contribution >= 0.6 is 0 Å². The number of hydrogen-bond acceptors (Lipinski definition) is 3. The summed E-state index contributed by atoms with van der Waals surface area (Å²) in [5, 5.41) is 10.4. The fourth-order valence-electron chi connectivity index (χ4n) is 2.95. The van der Waals surface area contributed by atoms with E-state index in [9.17, 15) is 9.59 Å². The molecule has 1 heterocycles. The van der Waals surface area contributed by atoms with Crippen molar-refractivity contribution < 1.29 is 9.59 Å². The van der Waals surface area contributed by atoms with Crippen LogP contribution in [-0.2, 0) is 4.79 Å². The minimum atomic E-state index is -0.218. The Labute approximate surface area is 170 Å². The highest BCUT2D eigenvalue weighted by atomic mass is 16.2. The second kappa shape index (κ2) is 9.19. The van der Waals surface area contributed by atoms with Crippen LogP contribution in [0.15, 0.2) is 60.8 Å². The van der Waals surface area contributed by atoms with Gasteiger partial charge in [0.2, 0.25) is 5.91 Å². The normalized spacial score (nSPS) is 10.8. The second-order valence-electron chi connectivity index (χ2n) is 7.19. The van der Waals surface area contributed by atoms with Crippen LogP contribution in [0.2, 0.25) is 0 Å². The van der Waals surface area contributed by atoms with E-state index in [1.54, 1.807) is 10.9 Å². The molecule has 3 rings (SSSR count). The van der Waals surface area contributed by atoms with Gasteiger partial charge < -0.3 is 10.6 Å². The van der Waals surface area contributed by atoms with E-state index in [4.69, 9.17) is 5.10 Å². The molecule has 6 heteroatoms. The molecule has 2 amide bonds. The lowest BCUT2D eigenvalue weighted by atomic mass is 10.0. The molecule has 0 fully saturated rings. The van der Waals surface area contributed by atoms with Crippen molar-refractivity contribution >= 4 is 11.8 Å². The molecular weight excluding hydrogens is 364 g/mol. The number of para-hydroxylation sites is 1. The second-order valence-corrected chi connectivity index (χ2v) is 7.19. The van der Waals surface area contributed by atoms with E-state index < -0.39 is 0 Å². The summed E-state index contributed by atoms with van der Waals surface area (Å²) in [6.45, 7) is 6.40. The van der Waals surface area contributed by atoms with Gasteiger partial charge in [-0.2, -0.15) is 5.10 Å². The summed E-state index contributed by atoms with van der Waals surface area (Å²) in [5.74, 6) is -0.330. The van der Waals surface area contributed by atoms with Crippen LogP contribution in [0.25, 0.3) is 16.9 Å². The zero-order valence-electron chi connectivity index (χ0n) is 17.0. The van der Waals surface area contributed by atoms with Gasteiger partial charge in [-0.3, -0.25) is 9.59 Å². The minimum Gasteiger partial charge on any atom is -0.354 e. The molecule has 0 aliphatic carbocycles. The third-order valence-corrected chi connectivity index (χ3v) is 4.61. The number of nitrogens with zero attached hydrogens (tertiary/aromatic N) is 2. The van der Waals surface area contributed by atoms with Crippen molar-refractivity contribution in [2.75, 3.05) is 13.1 Å². The Hall–Kier alpha value is -3.41. The molecule has 0 aliphatic rings. The van der Waals surface area contributed by atoms with E-state index in [2.05, 4.69) is 10.6 Å². The maximum absolute atomic E-state index is 12.9. The highest BCUT2D eigenvalue weighted by molar-refractivity contribution is 6.00. The smallest absolute Gasteiger partial charge is 0.255 e. The van der Waals surface area contributed by atoms with Gasteiger partial charge >= 0.3 is 0 Å². The maximum Gasteiger partial charge on any atom is 0.255 e. The zero-order chi connectivity index (χ0) is 20.8. The Balaban J connectivity index is 1.84. The van der Waals surface area contributed by atoms with Gasteiger partial charge in [0.05, 0.1) is 11.3 Å². The van der Waals surface area contributed by atoms with E-state index in [-0.39, 0.29) is 17.7 Å². The predicted octanol–water partition coefficient (Wildman–Crippen LogP) is 3.35. The number of aromatic nitrogens is 2. The first-order valence-corrected chi connectivity index (χ1v) is 9.74. The molecule has 0 aliphatic heterocycles. The quantitative estimate of drug-likeness (QED) is 0.608. The molecule has 0 saturated carbocycles. The van der Waals surface area contributed by atoms with Gasteiger partial charge in [0.25, 0.3) is 5.91 Å². The average molecular weight is 390 g/mol. The van der Waals surface area contributed by atoms with Crippen LogP contribution in [0.5, 0.6) is 0 Å². The summed E-state index contributed by atoms with van der Waals surface area (Å²) in [6.07, 6.45) is 1.75. The molecule has 2 N–H and O–H groups in total. The summed E-state index contributed by atoms with van der Waals surface area (Å²) in [6, 6.07) is 17.6. The highest BCUT2D eigenvalue weighted by Gasteiger charge is 2.19. The molecule has 1 aromatic heterocycles. The molecule has 0 radical (unpaired) electrons. The van der Waals surface area contributed by atoms with Crippen molar-refractivity contribution in [2.45, 2.75) is 20.8 Å². The summed E-state index contributed by atoms with van der Waals surface area (Å²) >= 11 is 0. The Kier molecular flexibility index (Phi) is 6.44. The van der Waals surface area contributed by atoms with E-state index >= 15 is 0 Å². The molecule has 0 spiro atoms. The first kappa shape index (κ1) is 20.3. The fraction of sp³-hybridized carbons (Fsp3) is 0.261. The highest BCUT2D eigenvalue weighted by Crippen LogP contribution is 2.26. The first-order chi connectivity index (χ1) is 14.0. The van der Waals surface area contributed by atoms with Crippen molar-refractivity contribution in [3.8, 4) is 16.9 Å². The van der Waals surface area contributed by atoms with Crippen molar-refractivity contribution in [2.24, 2.45) is 5.92 Å². The van der Waals surface area contributed by atoms with Gasteiger partial charge in [-0.25, -0.2) is 4.68 Å². The summed E-state index contributed by atoms with van der Waals surface area (Å²) in [7, 11) is 0. The Morgan fingerprint density at radius 2 is 1.62 bits per heavy atom. The number of carbonyl (C=O) groups is 2. The van der Waals surface area contributed by atoms with Gasteiger partial charge in [-0.1, -0.05) is 56.3 Å². The Bertz CT molecular complexity index is 993. The van der Waals surface area contributed by atoms with Crippen molar-refractivity contribution in [1.29, 1.82) is 0 Å². The van der Waals surface area contributed by atoms with Crippen molar-refractivity contribution in [3.63, 3.8) is 0 Å². The Morgan fingerprint density at radius 1 is 0.966 bits per heavy atom. The predicted molar refractivity (Wildman–Crippen MR) is 114 cm³/mol. The number of rotatable bonds is 7. The standard InChI is InChI=1S/C23H26N4O2/c1-16(2)22(28)24-13-14-25-23(29)20-15-27(18-10-5-4-6-11-18)26-21(20)19-12-8-7-9-17(19)3/h4-12,15-16H,13-14H2,1-3H3,(H,24,28)(H,25,29). The molecular formula is C23H26N4O2. The van der Waals surface area contributed by atoms with Crippen molar-refractivity contribution in [3.05, 3.63) is 71.9 Å². The molecule has 150 valence electrons. The molecule has 0 saturated heterocycles.